The largest absolute Gasteiger partial charge is 0.275 e. The fraction of sp³-hybridized carbons (Fsp3) is 0. The highest BCUT2D eigenvalue weighted by atomic mass is 32.2. The molecular formula is C19H12FNOS. The van der Waals surface area contributed by atoms with E-state index in [1.54, 1.807) is 28.8 Å². The molecule has 0 radical (unpaired) electrons. The molecule has 0 saturated carbocycles. The Balaban J connectivity index is 1.89. The lowest BCUT2D eigenvalue weighted by molar-refractivity contribution is 0.0998. The van der Waals surface area contributed by atoms with E-state index in [1.807, 2.05) is 48.5 Å². The van der Waals surface area contributed by atoms with Crippen LogP contribution in [-0.2, 0) is 0 Å². The summed E-state index contributed by atoms with van der Waals surface area (Å²) in [6, 6.07) is 21.3. The number of hydrogen-bond acceptors (Lipinski definition) is 2. The second kappa shape index (κ2) is 5.56. The first-order chi connectivity index (χ1) is 11.2. The van der Waals surface area contributed by atoms with Gasteiger partial charge in [-0.3, -0.25) is 9.69 Å². The molecule has 1 aliphatic heterocycles. The number of anilines is 2. The van der Waals surface area contributed by atoms with E-state index in [0.29, 0.717) is 5.56 Å². The van der Waals surface area contributed by atoms with E-state index in [4.69, 9.17) is 0 Å². The molecule has 4 rings (SSSR count). The second-order valence-electron chi connectivity index (χ2n) is 5.19. The average molecular weight is 321 g/mol. The average Bonchev–Trinajstić information content (AvgIpc) is 2.59. The first kappa shape index (κ1) is 14.0. The zero-order chi connectivity index (χ0) is 15.8. The summed E-state index contributed by atoms with van der Waals surface area (Å²) in [5.41, 5.74) is 1.98. The Hall–Kier alpha value is -2.59. The van der Waals surface area contributed by atoms with E-state index in [9.17, 15) is 9.18 Å². The summed E-state index contributed by atoms with van der Waals surface area (Å²) in [7, 11) is 0. The number of para-hydroxylation sites is 2. The second-order valence-corrected chi connectivity index (χ2v) is 6.27. The first-order valence-corrected chi connectivity index (χ1v) is 8.01. The molecule has 2 nitrogen and oxygen atoms in total. The fourth-order valence-corrected chi connectivity index (χ4v) is 3.73. The fourth-order valence-electron chi connectivity index (χ4n) is 2.67. The minimum absolute atomic E-state index is 0.232. The number of rotatable bonds is 1. The molecule has 112 valence electrons. The summed E-state index contributed by atoms with van der Waals surface area (Å²) in [6.07, 6.45) is 0. The van der Waals surface area contributed by atoms with Gasteiger partial charge < -0.3 is 0 Å². The third-order valence-electron chi connectivity index (χ3n) is 3.71. The maximum absolute atomic E-state index is 13.5. The van der Waals surface area contributed by atoms with E-state index in [0.717, 1.165) is 21.2 Å². The van der Waals surface area contributed by atoms with Crippen molar-refractivity contribution >= 4 is 29.0 Å². The van der Waals surface area contributed by atoms with Gasteiger partial charge in [-0.2, -0.15) is 0 Å². The SMILES string of the molecule is O=C(c1cccc(F)c1)N1c2ccccc2Sc2ccccc21. The van der Waals surface area contributed by atoms with Crippen LogP contribution in [0, 0.1) is 5.82 Å². The van der Waals surface area contributed by atoms with Gasteiger partial charge in [-0.25, -0.2) is 4.39 Å². The van der Waals surface area contributed by atoms with E-state index >= 15 is 0 Å². The van der Waals surface area contributed by atoms with Crippen molar-refractivity contribution in [3.8, 4) is 0 Å². The highest BCUT2D eigenvalue weighted by Gasteiger charge is 2.28. The van der Waals surface area contributed by atoms with E-state index in [2.05, 4.69) is 0 Å². The van der Waals surface area contributed by atoms with Crippen LogP contribution >= 0.6 is 11.8 Å². The van der Waals surface area contributed by atoms with Gasteiger partial charge in [0.1, 0.15) is 5.82 Å². The number of amides is 1. The topological polar surface area (TPSA) is 20.3 Å². The van der Waals surface area contributed by atoms with E-state index in [-0.39, 0.29) is 5.91 Å². The Morgan fingerprint density at radius 3 is 2.04 bits per heavy atom. The molecule has 3 aromatic carbocycles. The van der Waals surface area contributed by atoms with Crippen LogP contribution in [-0.4, -0.2) is 5.91 Å². The lowest BCUT2D eigenvalue weighted by Gasteiger charge is -2.31. The van der Waals surface area contributed by atoms with Gasteiger partial charge in [0.05, 0.1) is 11.4 Å². The Morgan fingerprint density at radius 1 is 0.826 bits per heavy atom. The third kappa shape index (κ3) is 2.41. The summed E-state index contributed by atoms with van der Waals surface area (Å²) in [5.74, 6) is -0.645. The Labute approximate surface area is 137 Å². The van der Waals surface area contributed by atoms with Crippen molar-refractivity contribution in [1.29, 1.82) is 0 Å². The molecule has 0 atom stereocenters. The van der Waals surface area contributed by atoms with Crippen LogP contribution in [0.2, 0.25) is 0 Å². The van der Waals surface area contributed by atoms with Crippen molar-refractivity contribution in [1.82, 2.24) is 0 Å². The van der Waals surface area contributed by atoms with Gasteiger partial charge in [-0.1, -0.05) is 42.1 Å². The first-order valence-electron chi connectivity index (χ1n) is 7.20. The highest BCUT2D eigenvalue weighted by Crippen LogP contribution is 2.48. The molecule has 0 aromatic heterocycles. The van der Waals surface area contributed by atoms with Gasteiger partial charge in [0, 0.05) is 15.4 Å². The van der Waals surface area contributed by atoms with Crippen molar-refractivity contribution in [2.75, 3.05) is 4.90 Å². The minimum Gasteiger partial charge on any atom is -0.275 e. The van der Waals surface area contributed by atoms with E-state index < -0.39 is 5.82 Å². The summed E-state index contributed by atoms with van der Waals surface area (Å²) < 4.78 is 13.5. The molecule has 1 heterocycles. The predicted molar refractivity (Wildman–Crippen MR) is 89.9 cm³/mol. The van der Waals surface area contributed by atoms with Crippen LogP contribution in [0.5, 0.6) is 0 Å². The number of carbonyl (C=O) groups is 1. The van der Waals surface area contributed by atoms with Crippen molar-refractivity contribution in [3.05, 3.63) is 84.2 Å². The molecule has 0 unspecified atom stereocenters. The highest BCUT2D eigenvalue weighted by molar-refractivity contribution is 7.99. The zero-order valence-electron chi connectivity index (χ0n) is 12.1. The lowest BCUT2D eigenvalue weighted by atomic mass is 10.1. The molecule has 23 heavy (non-hydrogen) atoms. The van der Waals surface area contributed by atoms with Crippen LogP contribution in [0.25, 0.3) is 0 Å². The molecule has 0 aliphatic carbocycles. The molecule has 0 saturated heterocycles. The molecule has 0 N–H and O–H groups in total. The number of hydrogen-bond donors (Lipinski definition) is 0. The van der Waals surface area contributed by atoms with Crippen LogP contribution in [0.3, 0.4) is 0 Å². The summed E-state index contributed by atoms with van der Waals surface area (Å²) in [4.78, 5) is 16.7. The molecule has 1 amide bonds. The van der Waals surface area contributed by atoms with Crippen LogP contribution < -0.4 is 4.90 Å². The van der Waals surface area contributed by atoms with Gasteiger partial charge in [0.2, 0.25) is 0 Å². The summed E-state index contributed by atoms with van der Waals surface area (Å²) in [6.45, 7) is 0. The lowest BCUT2D eigenvalue weighted by Crippen LogP contribution is -2.28. The van der Waals surface area contributed by atoms with Gasteiger partial charge >= 0.3 is 0 Å². The minimum atomic E-state index is -0.413. The van der Waals surface area contributed by atoms with Crippen LogP contribution in [0.4, 0.5) is 15.8 Å². The van der Waals surface area contributed by atoms with Crippen LogP contribution in [0.1, 0.15) is 10.4 Å². The quantitative estimate of drug-likeness (QED) is 0.608. The maximum Gasteiger partial charge on any atom is 0.263 e. The number of carbonyl (C=O) groups excluding carboxylic acids is 1. The standard InChI is InChI=1S/C19H12FNOS/c20-14-7-5-6-13(12-14)19(22)21-15-8-1-3-10-17(15)23-18-11-4-2-9-16(18)21/h1-12H. The molecular weight excluding hydrogens is 309 g/mol. The van der Waals surface area contributed by atoms with E-state index in [1.165, 1.54) is 12.1 Å². The number of benzene rings is 3. The Morgan fingerprint density at radius 2 is 1.43 bits per heavy atom. The summed E-state index contributed by atoms with van der Waals surface area (Å²) >= 11 is 1.63. The van der Waals surface area contributed by atoms with Gasteiger partial charge in [0.25, 0.3) is 5.91 Å². The molecule has 0 spiro atoms. The predicted octanol–water partition coefficient (Wildman–Crippen LogP) is 5.27. The normalized spacial score (nSPS) is 12.5. The van der Waals surface area contributed by atoms with Crippen molar-refractivity contribution in [2.24, 2.45) is 0 Å². The van der Waals surface area contributed by atoms with Crippen LogP contribution in [0.15, 0.2) is 82.6 Å². The van der Waals surface area contributed by atoms with Gasteiger partial charge in [-0.15, -0.1) is 0 Å². The molecule has 0 bridgehead atoms. The van der Waals surface area contributed by atoms with Crippen molar-refractivity contribution in [2.45, 2.75) is 9.79 Å². The van der Waals surface area contributed by atoms with Crippen molar-refractivity contribution < 1.29 is 9.18 Å². The number of nitrogens with zero attached hydrogens (tertiary/aromatic N) is 1. The molecule has 1 aliphatic rings. The molecule has 0 fully saturated rings. The zero-order valence-corrected chi connectivity index (χ0v) is 12.9. The molecule has 4 heteroatoms. The maximum atomic E-state index is 13.5. The third-order valence-corrected chi connectivity index (χ3v) is 4.84. The van der Waals surface area contributed by atoms with Gasteiger partial charge in [0.15, 0.2) is 0 Å². The Kier molecular flexibility index (Phi) is 3.39. The number of fused-ring (bicyclic) bond motifs is 2. The molecule has 3 aromatic rings. The Bertz CT molecular complexity index is 864. The monoisotopic (exact) mass is 321 g/mol. The van der Waals surface area contributed by atoms with Crippen molar-refractivity contribution in [3.63, 3.8) is 0 Å². The smallest absolute Gasteiger partial charge is 0.263 e. The number of halogens is 1. The van der Waals surface area contributed by atoms with Gasteiger partial charge in [-0.05, 0) is 42.5 Å². The summed E-state index contributed by atoms with van der Waals surface area (Å²) in [5, 5.41) is 0.